The fraction of sp³-hybridized carbons (Fsp3) is 0.459. The molecule has 5 aromatic rings. The quantitative estimate of drug-likeness (QED) is 0.106. The van der Waals surface area contributed by atoms with Crippen LogP contribution in [-0.4, -0.2) is 177 Å². The Morgan fingerprint density at radius 2 is 1.72 bits per heavy atom. The lowest BCUT2D eigenvalue weighted by Gasteiger charge is -2.54. The summed E-state index contributed by atoms with van der Waals surface area (Å²) in [5.41, 5.74) is 1.10. The minimum atomic E-state index is -1.05. The molecule has 22 heteroatoms. The summed E-state index contributed by atoms with van der Waals surface area (Å²) in [4.78, 5) is 105. The van der Waals surface area contributed by atoms with Crippen molar-refractivity contribution in [1.29, 1.82) is 0 Å². The van der Waals surface area contributed by atoms with Crippen LogP contribution < -0.4 is 25.2 Å². The molecule has 8 atom stereocenters. The third-order valence-corrected chi connectivity index (χ3v) is 19.6. The van der Waals surface area contributed by atoms with Gasteiger partial charge in [-0.05, 0) is 81.0 Å². The number of hydrogen-bond donors (Lipinski definition) is 2. The molecule has 0 radical (unpaired) electrons. The van der Waals surface area contributed by atoms with Crippen molar-refractivity contribution in [2.45, 2.75) is 112 Å². The number of pyridine rings is 1. The molecule has 9 saturated heterocycles. The first-order valence-corrected chi connectivity index (χ1v) is 28.8. The number of carbonyl (C=O) groups excluding carboxylic acids is 6. The molecule has 15 rings (SSSR count). The Labute approximate surface area is 475 Å². The van der Waals surface area contributed by atoms with Gasteiger partial charge in [-0.2, -0.15) is 9.97 Å². The van der Waals surface area contributed by atoms with Crippen LogP contribution in [-0.2, 0) is 23.9 Å². The Morgan fingerprint density at radius 3 is 2.49 bits per heavy atom. The monoisotopic (exact) mass is 1130 g/mol. The topological polar surface area (TPSA) is 212 Å². The number of ether oxygens (including phenoxy) is 3. The summed E-state index contributed by atoms with van der Waals surface area (Å²) in [6.45, 7) is 8.26. The average Bonchev–Trinajstić information content (AvgIpc) is 3.24. The number of aromatic nitrogens is 3. The highest BCUT2D eigenvalue weighted by Gasteiger charge is 2.71. The summed E-state index contributed by atoms with van der Waals surface area (Å²) >= 11 is 0. The highest BCUT2D eigenvalue weighted by Crippen LogP contribution is 2.53. The molecule has 0 aliphatic carbocycles. The Balaban J connectivity index is 0.601. The molecule has 20 nitrogen and oxygen atoms in total. The lowest BCUT2D eigenvalue weighted by Crippen LogP contribution is -2.73. The summed E-state index contributed by atoms with van der Waals surface area (Å²) in [6.07, 6.45) is 12.8. The molecular weight excluding hydrogens is 1070 g/mol. The van der Waals surface area contributed by atoms with Gasteiger partial charge in [-0.1, -0.05) is 42.3 Å². The van der Waals surface area contributed by atoms with E-state index in [1.165, 1.54) is 6.07 Å². The zero-order valence-electron chi connectivity index (χ0n) is 45.4. The molecule has 3 aromatic carbocycles. The van der Waals surface area contributed by atoms with Crippen molar-refractivity contribution in [1.82, 2.24) is 45.2 Å². The standard InChI is InChI=1S/C61H59F2N11O9/c1-3-40-45(62)12-7-33-5-4-6-42(49(33)40)51-50(63)52-44(24-64-51)53(70-26-35-8-9-36(27-70)65-35)68-58(67-52)82-31-60-18-15-38(71(60)25-32(2)22-60)29-81-59(80)73-39-23-61(47(73)30-83-61)72(28-39)55(77)34-16-19-69(20-17-34)37-10-11-41-43(21-37)57(79)74(56(41)78)46-13-14-48(75)66-54(46)76/h1,4-7,10-12,21,24,34-36,38-39,46-47,65H,2,8-9,13-20,22-23,25-31H2,(H,66,75,76). The number of halogens is 2. The molecule has 8 unspecified atom stereocenters. The second-order valence-corrected chi connectivity index (χ2v) is 24.2. The lowest BCUT2D eigenvalue weighted by molar-refractivity contribution is -0.256. The Morgan fingerprint density at radius 1 is 0.916 bits per heavy atom. The molecule has 12 heterocycles. The number of carbonyl (C=O) groups is 6. The van der Waals surface area contributed by atoms with Crippen molar-refractivity contribution in [3.63, 3.8) is 0 Å². The SMILES string of the molecule is C#Cc1c(F)ccc2cccc(-c3ncc4c(N5CC6CCC(C5)N6)nc(OCC56CCC(COC(=O)N7C8CN(C(=O)C9CCN(c%10ccc%11c(c%10)C(=O)N(C%10CCC(=O)NC%10=O)C%11=O)CC9)C9(C8)OCC79)N5CC(=C)C6)nc4c3F)c12. The van der Waals surface area contributed by atoms with Crippen molar-refractivity contribution >= 4 is 68.8 Å². The van der Waals surface area contributed by atoms with E-state index in [1.807, 2.05) is 4.90 Å². The van der Waals surface area contributed by atoms with Crippen LogP contribution in [0.15, 0.2) is 66.9 Å². The number of amides is 6. The molecule has 10 aliphatic rings. The van der Waals surface area contributed by atoms with Crippen molar-refractivity contribution < 1.29 is 51.8 Å². The van der Waals surface area contributed by atoms with E-state index in [9.17, 15) is 28.8 Å². The van der Waals surface area contributed by atoms with Gasteiger partial charge in [0.15, 0.2) is 11.5 Å². The van der Waals surface area contributed by atoms with Gasteiger partial charge >= 0.3 is 12.1 Å². The smallest absolute Gasteiger partial charge is 0.410 e. The minimum absolute atomic E-state index is 0.0101. The summed E-state index contributed by atoms with van der Waals surface area (Å²) in [5, 5.41) is 7.34. The number of piperidine rings is 2. The number of rotatable bonds is 10. The summed E-state index contributed by atoms with van der Waals surface area (Å²) < 4.78 is 51.5. The van der Waals surface area contributed by atoms with Gasteiger partial charge < -0.3 is 34.2 Å². The predicted molar refractivity (Wildman–Crippen MR) is 296 cm³/mol. The van der Waals surface area contributed by atoms with E-state index in [0.717, 1.165) is 35.4 Å². The van der Waals surface area contributed by atoms with Crippen LogP contribution in [0, 0.1) is 29.9 Å². The van der Waals surface area contributed by atoms with Gasteiger partial charge in [0.1, 0.15) is 48.1 Å². The number of nitrogens with zero attached hydrogens (tertiary/aromatic N) is 9. The fourth-order valence-electron chi connectivity index (χ4n) is 15.6. The Kier molecular flexibility index (Phi) is 12.0. The Bertz CT molecular complexity index is 3740. The number of piperazine rings is 2. The first-order chi connectivity index (χ1) is 40.2. The van der Waals surface area contributed by atoms with Crippen molar-refractivity contribution in [3.8, 4) is 29.6 Å². The van der Waals surface area contributed by atoms with Crippen LogP contribution in [0.25, 0.3) is 32.9 Å². The van der Waals surface area contributed by atoms with Crippen molar-refractivity contribution in [2.24, 2.45) is 5.92 Å². The highest BCUT2D eigenvalue weighted by atomic mass is 19.1. The summed E-state index contributed by atoms with van der Waals surface area (Å²) in [5.74, 6) is -0.838. The molecule has 9 fully saturated rings. The maximum absolute atomic E-state index is 17.3. The molecule has 4 bridgehead atoms. The van der Waals surface area contributed by atoms with E-state index >= 15 is 8.78 Å². The number of benzene rings is 3. The first-order valence-electron chi connectivity index (χ1n) is 28.8. The number of fused-ring (bicyclic) bond motifs is 7. The minimum Gasteiger partial charge on any atom is -0.461 e. The number of anilines is 2. The Hall–Kier alpha value is -8.13. The zero-order valence-corrected chi connectivity index (χ0v) is 45.4. The van der Waals surface area contributed by atoms with Gasteiger partial charge in [0.05, 0.1) is 40.3 Å². The lowest BCUT2D eigenvalue weighted by atomic mass is 9.91. The van der Waals surface area contributed by atoms with Crippen LogP contribution >= 0.6 is 0 Å². The second-order valence-electron chi connectivity index (χ2n) is 24.2. The molecule has 10 aliphatic heterocycles. The largest absolute Gasteiger partial charge is 0.461 e. The van der Waals surface area contributed by atoms with E-state index in [4.69, 9.17) is 30.6 Å². The van der Waals surface area contributed by atoms with Gasteiger partial charge in [-0.15, -0.1) is 6.42 Å². The molecule has 0 saturated carbocycles. The highest BCUT2D eigenvalue weighted by molar-refractivity contribution is 6.23. The van der Waals surface area contributed by atoms with E-state index in [1.54, 1.807) is 53.6 Å². The maximum Gasteiger partial charge on any atom is 0.410 e. The number of hydrogen-bond acceptors (Lipinski definition) is 16. The van der Waals surface area contributed by atoms with Gasteiger partial charge in [0, 0.05) is 99.0 Å². The number of nitrogens with one attached hydrogen (secondary N) is 2. The average molecular weight is 1130 g/mol. The molecule has 83 heavy (non-hydrogen) atoms. The molecule has 6 amide bonds. The zero-order chi connectivity index (χ0) is 56.8. The van der Waals surface area contributed by atoms with Gasteiger partial charge in [-0.3, -0.25) is 49.0 Å². The maximum atomic E-state index is 17.3. The predicted octanol–water partition coefficient (Wildman–Crippen LogP) is 5.05. The van der Waals surface area contributed by atoms with Gasteiger partial charge in [0.25, 0.3) is 11.8 Å². The molecule has 2 N–H and O–H groups in total. The third-order valence-electron chi connectivity index (χ3n) is 19.6. The first kappa shape index (κ1) is 51.7. The van der Waals surface area contributed by atoms with Crippen LogP contribution in [0.3, 0.4) is 0 Å². The van der Waals surface area contributed by atoms with E-state index < -0.39 is 58.7 Å². The normalized spacial score (nSPS) is 29.2. The second kappa shape index (κ2) is 19.2. The van der Waals surface area contributed by atoms with Crippen molar-refractivity contribution in [3.05, 3.63) is 95.2 Å². The molecule has 1 spiro atoms. The number of terminal acetylenes is 1. The van der Waals surface area contributed by atoms with Crippen molar-refractivity contribution in [2.75, 3.05) is 68.9 Å². The number of imide groups is 2. The third kappa shape index (κ3) is 8.04. The van der Waals surface area contributed by atoms with Gasteiger partial charge in [-0.25, -0.2) is 13.6 Å². The molecule has 426 valence electrons. The van der Waals surface area contributed by atoms with Crippen LogP contribution in [0.5, 0.6) is 6.01 Å². The summed E-state index contributed by atoms with van der Waals surface area (Å²) in [6, 6.07) is 11.9. The van der Waals surface area contributed by atoms with Crippen LogP contribution in [0.1, 0.15) is 90.5 Å². The van der Waals surface area contributed by atoms with E-state index in [0.29, 0.717) is 98.9 Å². The molecular formula is C61H59F2N11O9. The fourth-order valence-corrected chi connectivity index (χ4v) is 15.6. The van der Waals surface area contributed by atoms with Crippen LogP contribution in [0.2, 0.25) is 0 Å². The van der Waals surface area contributed by atoms with E-state index in [-0.39, 0.29) is 109 Å². The summed E-state index contributed by atoms with van der Waals surface area (Å²) in [7, 11) is 0. The van der Waals surface area contributed by atoms with E-state index in [2.05, 4.69) is 42.8 Å². The molecule has 2 aromatic heterocycles. The van der Waals surface area contributed by atoms with Gasteiger partial charge in [0.2, 0.25) is 17.7 Å². The number of likely N-dealkylation sites (tertiary alicyclic amines) is 2. The van der Waals surface area contributed by atoms with Crippen LogP contribution in [0.4, 0.5) is 25.1 Å².